The van der Waals surface area contributed by atoms with Crippen molar-refractivity contribution in [2.45, 2.75) is 51.4 Å². The number of hydrogen-bond acceptors (Lipinski definition) is 7. The standard InChI is InChI=1S/C25H31N5OS/c1-4-15-30(16-5-2)19-13-11-18(12-14-19)23-26-21-10-8-7-9-20(21)22-24(31-23)27-25(29-28-22)32-17-6-3/h7-14,23,26H,4-6,15-17H2,1-3H3/t23-/m1/s1. The SMILES string of the molecule is CCCSc1nnc2c(n1)O[C@H](c1ccc(N(CCC)CCC)cc1)Nc1ccccc1-2. The first kappa shape index (κ1) is 22.4. The van der Waals surface area contributed by atoms with E-state index in [-0.39, 0.29) is 6.23 Å². The Morgan fingerprint density at radius 2 is 1.69 bits per heavy atom. The van der Waals surface area contributed by atoms with Crippen LogP contribution in [0.2, 0.25) is 0 Å². The van der Waals surface area contributed by atoms with E-state index in [9.17, 15) is 0 Å². The molecule has 0 saturated heterocycles. The van der Waals surface area contributed by atoms with Crippen LogP contribution in [-0.4, -0.2) is 34.0 Å². The number of para-hydroxylation sites is 1. The Morgan fingerprint density at radius 1 is 0.938 bits per heavy atom. The van der Waals surface area contributed by atoms with Gasteiger partial charge in [-0.1, -0.05) is 62.9 Å². The average molecular weight is 450 g/mol. The molecule has 1 aliphatic heterocycles. The molecule has 1 aromatic heterocycles. The molecule has 168 valence electrons. The minimum absolute atomic E-state index is 0.363. The highest BCUT2D eigenvalue weighted by molar-refractivity contribution is 7.99. The number of fused-ring (bicyclic) bond motifs is 3. The van der Waals surface area contributed by atoms with Crippen LogP contribution < -0.4 is 15.0 Å². The van der Waals surface area contributed by atoms with Gasteiger partial charge in [0.1, 0.15) is 0 Å². The first-order valence-corrected chi connectivity index (χ1v) is 12.5. The maximum Gasteiger partial charge on any atom is 0.247 e. The van der Waals surface area contributed by atoms with E-state index in [1.54, 1.807) is 11.8 Å². The summed E-state index contributed by atoms with van der Waals surface area (Å²) in [5, 5.41) is 13.0. The second-order valence-electron chi connectivity index (χ2n) is 7.86. The van der Waals surface area contributed by atoms with Gasteiger partial charge < -0.3 is 15.0 Å². The molecule has 0 unspecified atom stereocenters. The fourth-order valence-electron chi connectivity index (χ4n) is 3.82. The molecule has 0 aliphatic carbocycles. The molecule has 1 aliphatic rings. The molecular weight excluding hydrogens is 418 g/mol. The van der Waals surface area contributed by atoms with Crippen LogP contribution in [0.4, 0.5) is 11.4 Å². The zero-order valence-electron chi connectivity index (χ0n) is 19.0. The Kier molecular flexibility index (Phi) is 7.47. The number of ether oxygens (including phenoxy) is 1. The van der Waals surface area contributed by atoms with Gasteiger partial charge in [0.25, 0.3) is 0 Å². The molecule has 7 heteroatoms. The third kappa shape index (κ3) is 4.99. The zero-order chi connectivity index (χ0) is 22.3. The second-order valence-corrected chi connectivity index (χ2v) is 8.93. The highest BCUT2D eigenvalue weighted by atomic mass is 32.2. The van der Waals surface area contributed by atoms with Gasteiger partial charge in [0.2, 0.25) is 11.0 Å². The van der Waals surface area contributed by atoms with Crippen molar-refractivity contribution in [2.75, 3.05) is 29.1 Å². The number of nitrogens with zero attached hydrogens (tertiary/aromatic N) is 4. The van der Waals surface area contributed by atoms with Crippen LogP contribution in [0.15, 0.2) is 53.7 Å². The quantitative estimate of drug-likeness (QED) is 0.392. The Balaban J connectivity index is 1.66. The molecule has 32 heavy (non-hydrogen) atoms. The van der Waals surface area contributed by atoms with Crippen LogP contribution >= 0.6 is 11.8 Å². The monoisotopic (exact) mass is 449 g/mol. The Bertz CT molecular complexity index is 1020. The Labute approximate surface area is 194 Å². The van der Waals surface area contributed by atoms with Gasteiger partial charge in [-0.15, -0.1) is 10.2 Å². The third-order valence-corrected chi connectivity index (χ3v) is 6.36. The summed E-state index contributed by atoms with van der Waals surface area (Å²) in [5.41, 5.74) is 4.87. The van der Waals surface area contributed by atoms with Crippen molar-refractivity contribution in [2.24, 2.45) is 0 Å². The Hall–Kier alpha value is -2.80. The summed E-state index contributed by atoms with van der Waals surface area (Å²) in [6.07, 6.45) is 2.96. The molecule has 6 nitrogen and oxygen atoms in total. The van der Waals surface area contributed by atoms with Crippen LogP contribution in [0.5, 0.6) is 5.88 Å². The van der Waals surface area contributed by atoms with E-state index in [0.717, 1.165) is 54.9 Å². The molecule has 0 amide bonds. The van der Waals surface area contributed by atoms with Crippen LogP contribution in [0, 0.1) is 0 Å². The van der Waals surface area contributed by atoms with Gasteiger partial charge in [-0.05, 0) is 37.5 Å². The fraction of sp³-hybridized carbons (Fsp3) is 0.400. The van der Waals surface area contributed by atoms with Gasteiger partial charge >= 0.3 is 0 Å². The summed E-state index contributed by atoms with van der Waals surface area (Å²) in [6, 6.07) is 16.7. The van der Waals surface area contributed by atoms with Gasteiger partial charge in [0.05, 0.1) is 0 Å². The topological polar surface area (TPSA) is 63.2 Å². The largest absolute Gasteiger partial charge is 0.448 e. The molecule has 0 radical (unpaired) electrons. The molecule has 2 heterocycles. The fourth-order valence-corrected chi connectivity index (χ4v) is 4.46. The second kappa shape index (κ2) is 10.7. The summed E-state index contributed by atoms with van der Waals surface area (Å²) >= 11 is 1.60. The number of rotatable bonds is 9. The molecule has 0 spiro atoms. The molecule has 0 bridgehead atoms. The zero-order valence-corrected chi connectivity index (χ0v) is 19.9. The van der Waals surface area contributed by atoms with E-state index < -0.39 is 0 Å². The number of anilines is 2. The van der Waals surface area contributed by atoms with Crippen LogP contribution in [0.1, 0.15) is 51.8 Å². The van der Waals surface area contributed by atoms with E-state index in [1.165, 1.54) is 5.69 Å². The molecule has 1 atom stereocenters. The Morgan fingerprint density at radius 3 is 2.41 bits per heavy atom. The molecule has 0 saturated carbocycles. The maximum absolute atomic E-state index is 6.39. The van der Waals surface area contributed by atoms with Crippen LogP contribution in [0.3, 0.4) is 0 Å². The summed E-state index contributed by atoms with van der Waals surface area (Å²) in [7, 11) is 0. The van der Waals surface area contributed by atoms with Crippen molar-refractivity contribution >= 4 is 23.1 Å². The molecule has 2 aromatic carbocycles. The summed E-state index contributed by atoms with van der Waals surface area (Å²) in [4.78, 5) is 7.13. The number of benzene rings is 2. The van der Waals surface area contributed by atoms with Gasteiger partial charge in [-0.3, -0.25) is 0 Å². The maximum atomic E-state index is 6.39. The predicted molar refractivity (Wildman–Crippen MR) is 133 cm³/mol. The van der Waals surface area contributed by atoms with E-state index in [1.807, 2.05) is 24.3 Å². The van der Waals surface area contributed by atoms with Crippen molar-refractivity contribution in [3.8, 4) is 17.1 Å². The number of thioether (sulfide) groups is 1. The predicted octanol–water partition coefficient (Wildman–Crippen LogP) is 6.17. The lowest BCUT2D eigenvalue weighted by molar-refractivity contribution is 0.225. The smallest absolute Gasteiger partial charge is 0.247 e. The first-order chi connectivity index (χ1) is 15.7. The van der Waals surface area contributed by atoms with Crippen LogP contribution in [0.25, 0.3) is 11.3 Å². The van der Waals surface area contributed by atoms with E-state index >= 15 is 0 Å². The number of nitrogens with one attached hydrogen (secondary N) is 1. The normalized spacial score (nSPS) is 14.5. The number of hydrogen-bond donors (Lipinski definition) is 1. The van der Waals surface area contributed by atoms with Crippen molar-refractivity contribution in [1.29, 1.82) is 0 Å². The minimum atomic E-state index is -0.363. The minimum Gasteiger partial charge on any atom is -0.448 e. The first-order valence-electron chi connectivity index (χ1n) is 11.5. The average Bonchev–Trinajstić information content (AvgIpc) is 2.99. The van der Waals surface area contributed by atoms with E-state index in [4.69, 9.17) is 9.72 Å². The van der Waals surface area contributed by atoms with Crippen molar-refractivity contribution < 1.29 is 4.74 Å². The summed E-state index contributed by atoms with van der Waals surface area (Å²) in [6.45, 7) is 8.71. The highest BCUT2D eigenvalue weighted by Crippen LogP contribution is 2.39. The van der Waals surface area contributed by atoms with E-state index in [0.29, 0.717) is 16.7 Å². The highest BCUT2D eigenvalue weighted by Gasteiger charge is 2.26. The summed E-state index contributed by atoms with van der Waals surface area (Å²) in [5.74, 6) is 1.47. The van der Waals surface area contributed by atoms with Crippen molar-refractivity contribution in [3.05, 3.63) is 54.1 Å². The number of aromatic nitrogens is 3. The van der Waals surface area contributed by atoms with Crippen LogP contribution in [-0.2, 0) is 0 Å². The summed E-state index contributed by atoms with van der Waals surface area (Å²) < 4.78 is 6.39. The van der Waals surface area contributed by atoms with Gasteiger partial charge in [-0.25, -0.2) is 0 Å². The molecular formula is C25H31N5OS. The third-order valence-electron chi connectivity index (χ3n) is 5.32. The van der Waals surface area contributed by atoms with Gasteiger partial charge in [0.15, 0.2) is 11.9 Å². The molecule has 4 rings (SSSR count). The lowest BCUT2D eigenvalue weighted by Crippen LogP contribution is -2.25. The van der Waals surface area contributed by atoms with Crippen molar-refractivity contribution in [1.82, 2.24) is 15.2 Å². The molecule has 3 aromatic rings. The van der Waals surface area contributed by atoms with Gasteiger partial charge in [0, 0.05) is 41.3 Å². The molecule has 0 fully saturated rings. The van der Waals surface area contributed by atoms with E-state index in [2.05, 4.69) is 65.5 Å². The van der Waals surface area contributed by atoms with Crippen molar-refractivity contribution in [3.63, 3.8) is 0 Å². The molecule has 1 N–H and O–H groups in total. The lowest BCUT2D eigenvalue weighted by Gasteiger charge is -2.25. The van der Waals surface area contributed by atoms with Gasteiger partial charge in [-0.2, -0.15) is 4.98 Å². The lowest BCUT2D eigenvalue weighted by atomic mass is 10.1.